The molecule has 0 aliphatic rings. The van der Waals surface area contributed by atoms with Crippen molar-refractivity contribution in [1.82, 2.24) is 14.8 Å². The predicted octanol–water partition coefficient (Wildman–Crippen LogP) is 2.38. The van der Waals surface area contributed by atoms with Crippen LogP contribution in [0, 0.1) is 0 Å². The van der Waals surface area contributed by atoms with Crippen molar-refractivity contribution < 1.29 is 0 Å². The smallest absolute Gasteiger partial charge is 0.126 e. The lowest BCUT2D eigenvalue weighted by atomic mass is 10.1. The van der Waals surface area contributed by atoms with Gasteiger partial charge in [0, 0.05) is 25.0 Å². The third kappa shape index (κ3) is 2.39. The number of anilines is 1. The van der Waals surface area contributed by atoms with Gasteiger partial charge in [-0.2, -0.15) is 5.10 Å². The number of nitrogens with one attached hydrogen (secondary N) is 1. The van der Waals surface area contributed by atoms with Gasteiger partial charge >= 0.3 is 0 Å². The van der Waals surface area contributed by atoms with Crippen LogP contribution < -0.4 is 5.32 Å². The van der Waals surface area contributed by atoms with Crippen LogP contribution in [0.5, 0.6) is 0 Å². The van der Waals surface area contributed by atoms with Crippen molar-refractivity contribution >= 4 is 5.82 Å². The van der Waals surface area contributed by atoms with E-state index in [0.29, 0.717) is 0 Å². The summed E-state index contributed by atoms with van der Waals surface area (Å²) in [6.45, 7) is 2.15. The summed E-state index contributed by atoms with van der Waals surface area (Å²) < 4.78 is 1.82. The van der Waals surface area contributed by atoms with Gasteiger partial charge in [0.1, 0.15) is 5.82 Å². The van der Waals surface area contributed by atoms with Gasteiger partial charge in [-0.1, -0.05) is 13.0 Å². The van der Waals surface area contributed by atoms with Crippen LogP contribution in [-0.4, -0.2) is 14.8 Å². The van der Waals surface area contributed by atoms with Crippen LogP contribution in [0.3, 0.4) is 0 Å². The number of aryl methyl sites for hydroxylation is 1. The van der Waals surface area contributed by atoms with Crippen LogP contribution in [0.4, 0.5) is 5.82 Å². The first-order chi connectivity index (χ1) is 7.79. The highest BCUT2D eigenvalue weighted by atomic mass is 15.2. The molecule has 16 heavy (non-hydrogen) atoms. The minimum Gasteiger partial charge on any atom is -0.363 e. The van der Waals surface area contributed by atoms with Crippen LogP contribution in [0.15, 0.2) is 36.8 Å². The van der Waals surface area contributed by atoms with E-state index in [2.05, 4.69) is 22.3 Å². The fourth-order valence-electron chi connectivity index (χ4n) is 1.67. The number of rotatable bonds is 4. The highest BCUT2D eigenvalue weighted by Crippen LogP contribution is 2.20. The molecular weight excluding hydrogens is 200 g/mol. The zero-order valence-electron chi connectivity index (χ0n) is 9.59. The first kappa shape index (κ1) is 10.7. The molecule has 0 saturated heterocycles. The molecule has 2 rings (SSSR count). The van der Waals surface area contributed by atoms with Gasteiger partial charge in [-0.3, -0.25) is 4.68 Å². The molecule has 0 spiro atoms. The highest BCUT2D eigenvalue weighted by Gasteiger charge is 2.10. The molecule has 1 unspecified atom stereocenters. The second-order valence-electron chi connectivity index (χ2n) is 3.77. The van der Waals surface area contributed by atoms with E-state index < -0.39 is 0 Å². The first-order valence-corrected chi connectivity index (χ1v) is 5.45. The quantitative estimate of drug-likeness (QED) is 0.853. The molecule has 4 nitrogen and oxygen atoms in total. The van der Waals surface area contributed by atoms with E-state index in [0.717, 1.165) is 12.2 Å². The fourth-order valence-corrected chi connectivity index (χ4v) is 1.67. The van der Waals surface area contributed by atoms with Crippen molar-refractivity contribution in [2.45, 2.75) is 19.4 Å². The molecule has 84 valence electrons. The number of nitrogens with zero attached hydrogens (tertiary/aromatic N) is 3. The van der Waals surface area contributed by atoms with Crippen molar-refractivity contribution in [3.63, 3.8) is 0 Å². The molecule has 0 fully saturated rings. The second kappa shape index (κ2) is 4.79. The maximum Gasteiger partial charge on any atom is 0.126 e. The summed E-state index contributed by atoms with van der Waals surface area (Å²) in [5, 5.41) is 7.58. The summed E-state index contributed by atoms with van der Waals surface area (Å²) in [4.78, 5) is 4.26. The zero-order chi connectivity index (χ0) is 11.4. The number of hydrogen-bond donors (Lipinski definition) is 1. The molecule has 0 aromatic carbocycles. The summed E-state index contributed by atoms with van der Waals surface area (Å²) in [7, 11) is 1.93. The molecule has 0 aliphatic carbocycles. The Morgan fingerprint density at radius 1 is 1.44 bits per heavy atom. The topological polar surface area (TPSA) is 42.7 Å². The van der Waals surface area contributed by atoms with Gasteiger partial charge in [0.25, 0.3) is 0 Å². The Morgan fingerprint density at radius 3 is 2.88 bits per heavy atom. The van der Waals surface area contributed by atoms with Gasteiger partial charge in [-0.05, 0) is 18.6 Å². The lowest BCUT2D eigenvalue weighted by Gasteiger charge is -2.15. The Morgan fingerprint density at radius 2 is 2.31 bits per heavy atom. The lowest BCUT2D eigenvalue weighted by molar-refractivity contribution is 0.737. The maximum atomic E-state index is 4.26. The SMILES string of the molecule is CCC(Nc1ccccn1)c1cnn(C)c1. The minimum atomic E-state index is 0.267. The molecule has 2 aromatic rings. The Bertz CT molecular complexity index is 435. The largest absolute Gasteiger partial charge is 0.363 e. The first-order valence-electron chi connectivity index (χ1n) is 5.45. The van der Waals surface area contributed by atoms with Crippen LogP contribution in [0.2, 0.25) is 0 Å². The third-order valence-corrected chi connectivity index (χ3v) is 2.52. The highest BCUT2D eigenvalue weighted by molar-refractivity contribution is 5.36. The predicted molar refractivity (Wildman–Crippen MR) is 64.1 cm³/mol. The second-order valence-corrected chi connectivity index (χ2v) is 3.77. The van der Waals surface area contributed by atoms with Gasteiger partial charge in [0.2, 0.25) is 0 Å². The normalized spacial score (nSPS) is 12.4. The van der Waals surface area contributed by atoms with E-state index in [1.807, 2.05) is 42.3 Å². The fraction of sp³-hybridized carbons (Fsp3) is 0.333. The summed E-state index contributed by atoms with van der Waals surface area (Å²) >= 11 is 0. The zero-order valence-corrected chi connectivity index (χ0v) is 9.59. The molecule has 0 bridgehead atoms. The minimum absolute atomic E-state index is 0.267. The molecule has 0 aliphatic heterocycles. The average Bonchev–Trinajstić information content (AvgIpc) is 2.74. The molecule has 0 amide bonds. The van der Waals surface area contributed by atoms with E-state index in [-0.39, 0.29) is 6.04 Å². The number of pyridine rings is 1. The van der Waals surface area contributed by atoms with E-state index in [1.54, 1.807) is 6.20 Å². The lowest BCUT2D eigenvalue weighted by Crippen LogP contribution is -2.09. The van der Waals surface area contributed by atoms with Gasteiger partial charge in [0.05, 0.1) is 12.2 Å². The molecular formula is C12H16N4. The van der Waals surface area contributed by atoms with Gasteiger partial charge in [-0.15, -0.1) is 0 Å². The Hall–Kier alpha value is -1.84. The van der Waals surface area contributed by atoms with Gasteiger partial charge in [0.15, 0.2) is 0 Å². The molecule has 2 aromatic heterocycles. The molecule has 1 atom stereocenters. The molecule has 1 N–H and O–H groups in total. The monoisotopic (exact) mass is 216 g/mol. The van der Waals surface area contributed by atoms with E-state index >= 15 is 0 Å². The van der Waals surface area contributed by atoms with Gasteiger partial charge < -0.3 is 5.32 Å². The van der Waals surface area contributed by atoms with E-state index in [9.17, 15) is 0 Å². The third-order valence-electron chi connectivity index (χ3n) is 2.52. The van der Waals surface area contributed by atoms with E-state index in [4.69, 9.17) is 0 Å². The Kier molecular flexibility index (Phi) is 3.19. The van der Waals surface area contributed by atoms with Crippen molar-refractivity contribution in [2.75, 3.05) is 5.32 Å². The van der Waals surface area contributed by atoms with E-state index in [1.165, 1.54) is 5.56 Å². The standard InChI is InChI=1S/C12H16N4/c1-3-11(10-8-14-16(2)9-10)15-12-6-4-5-7-13-12/h4-9,11H,3H2,1-2H3,(H,13,15). The van der Waals surface area contributed by atoms with Crippen LogP contribution >= 0.6 is 0 Å². The molecule has 2 heterocycles. The summed E-state index contributed by atoms with van der Waals surface area (Å²) in [5.74, 6) is 0.901. The molecule has 4 heteroatoms. The Balaban J connectivity index is 2.12. The Labute approximate surface area is 95.3 Å². The van der Waals surface area contributed by atoms with Crippen molar-refractivity contribution in [3.8, 4) is 0 Å². The summed E-state index contributed by atoms with van der Waals surface area (Å²) in [5.41, 5.74) is 1.19. The van der Waals surface area contributed by atoms with Crippen LogP contribution in [0.1, 0.15) is 24.9 Å². The number of hydrogen-bond acceptors (Lipinski definition) is 3. The van der Waals surface area contributed by atoms with Crippen LogP contribution in [0.25, 0.3) is 0 Å². The van der Waals surface area contributed by atoms with Crippen molar-refractivity contribution in [1.29, 1.82) is 0 Å². The van der Waals surface area contributed by atoms with Crippen molar-refractivity contribution in [2.24, 2.45) is 7.05 Å². The molecule has 0 radical (unpaired) electrons. The number of aromatic nitrogens is 3. The average molecular weight is 216 g/mol. The summed E-state index contributed by atoms with van der Waals surface area (Å²) in [6, 6.07) is 6.13. The van der Waals surface area contributed by atoms with Crippen LogP contribution in [-0.2, 0) is 7.05 Å². The van der Waals surface area contributed by atoms with Crippen molar-refractivity contribution in [3.05, 3.63) is 42.4 Å². The summed E-state index contributed by atoms with van der Waals surface area (Å²) in [6.07, 6.45) is 6.72. The van der Waals surface area contributed by atoms with Gasteiger partial charge in [-0.25, -0.2) is 4.98 Å². The molecule has 0 saturated carbocycles. The maximum absolute atomic E-state index is 4.26.